The van der Waals surface area contributed by atoms with Gasteiger partial charge in [-0.3, -0.25) is 0 Å². The fraction of sp³-hybridized carbons (Fsp3) is 0. The fourth-order valence-corrected chi connectivity index (χ4v) is 0. The van der Waals surface area contributed by atoms with Crippen LogP contribution in [0.25, 0.3) is 0 Å². The Labute approximate surface area is 73.6 Å². The zero-order valence-corrected chi connectivity index (χ0v) is 6.78. The van der Waals surface area contributed by atoms with Gasteiger partial charge in [0, 0.05) is 0 Å². The largest absolute Gasteiger partial charge is 0.328 e. The van der Waals surface area contributed by atoms with Gasteiger partial charge in [0.2, 0.25) is 0 Å². The third kappa shape index (κ3) is 1110. The predicted octanol–water partition coefficient (Wildman–Crippen LogP) is -0.712. The summed E-state index contributed by atoms with van der Waals surface area (Å²) in [7, 11) is 0. The minimum Gasteiger partial charge on any atom is -0.328 e. The average Bonchev–Trinajstić information content (AvgIpc) is 1.33. The maximum atomic E-state index is 8.36. The van der Waals surface area contributed by atoms with E-state index in [0.717, 1.165) is 0 Å². The third-order valence-electron chi connectivity index (χ3n) is 0. The summed E-state index contributed by atoms with van der Waals surface area (Å²) < 4.78 is 1.94. The van der Waals surface area contributed by atoms with E-state index in [1.807, 2.05) is 0.164 Å². The van der Waals surface area contributed by atoms with Crippen molar-refractivity contribution in [3.8, 4) is 0.164 Å². The topological polar surface area (TPSA) is 87.2 Å². The Balaban J connectivity index is 0. The minimum atomic E-state index is -1.50. The van der Waals surface area contributed by atoms with E-state index in [9.17, 15) is 0 Å². The maximum absolute atomic E-state index is 8.36. The Kier molecular flexibility index (Phi) is 14.2. The molecule has 0 unspecified atom stereocenters. The van der Waals surface area contributed by atoms with Gasteiger partial charge in [-0.1, -0.05) is 0 Å². The van der Waals surface area contributed by atoms with E-state index in [4.69, 9.17) is 20.6 Å². The Bertz CT molecular complexity index is 81.4. The summed E-state index contributed by atoms with van der Waals surface area (Å²) >= 11 is 0.410. The molecule has 0 aliphatic rings. The van der Waals surface area contributed by atoms with Gasteiger partial charge in [0.25, 0.3) is 5.09 Å². The van der Waals surface area contributed by atoms with Crippen LogP contribution in [0, 0.1) is 15.5 Å². The standard InChI is InChI=1S/CN.K.HNO3/c1-2;;2-1(3)4/h;;(H,2,3,4). The van der Waals surface area contributed by atoms with Crippen LogP contribution in [0.4, 0.5) is 0 Å². The number of nitrogens with zero attached hydrogens (tertiary/aromatic N) is 2. The van der Waals surface area contributed by atoms with Crippen LogP contribution in [0.2, 0.25) is 0 Å². The number of rotatable bonds is 0. The minimum absolute atomic E-state index is 0.410. The van der Waals surface area contributed by atoms with E-state index in [1.165, 1.54) is 0 Å². The van der Waals surface area contributed by atoms with Crippen molar-refractivity contribution in [3.05, 3.63) is 10.1 Å². The zero-order valence-electron chi connectivity index (χ0n) is 3.66. The summed E-state index contributed by atoms with van der Waals surface area (Å²) in [5.74, 6) is 0. The summed E-state index contributed by atoms with van der Waals surface area (Å²) in [4.78, 5) is 8.36. The van der Waals surface area contributed by atoms with Gasteiger partial charge in [-0.2, -0.15) is 0 Å². The average molecular weight is 128 g/mol. The molecule has 0 saturated heterocycles. The molecular weight excluding hydrogens is 127 g/mol. The van der Waals surface area contributed by atoms with Crippen LogP contribution in [-0.4, -0.2) is 59.2 Å². The molecule has 0 radical (unpaired) electrons. The molecule has 5 nitrogen and oxygen atoms in total. The van der Waals surface area contributed by atoms with Gasteiger partial charge in [0.15, 0.2) is 0 Å². The molecule has 0 aromatic heterocycles. The second-order valence-electron chi connectivity index (χ2n) is 0.461. The molecule has 0 amide bonds. The number of hydrogen-bond donors (Lipinski definition) is 1. The van der Waals surface area contributed by atoms with Gasteiger partial charge in [-0.05, 0) is 0 Å². The Morgan fingerprint density at radius 1 is 2.00 bits per heavy atom. The van der Waals surface area contributed by atoms with Crippen molar-refractivity contribution in [3.63, 3.8) is 0 Å². The van der Waals surface area contributed by atoms with Crippen LogP contribution in [0.3, 0.4) is 0 Å². The van der Waals surface area contributed by atoms with Crippen LogP contribution in [-0.2, 0) is 0 Å². The molecule has 0 atom stereocenters. The second kappa shape index (κ2) is 9.59. The third-order valence-corrected chi connectivity index (χ3v) is 0. The normalized spacial score (nSPS) is 4.71. The van der Waals surface area contributed by atoms with E-state index < -0.39 is 5.09 Å². The van der Waals surface area contributed by atoms with Crippen molar-refractivity contribution in [1.82, 2.24) is 0 Å². The van der Waals surface area contributed by atoms with Crippen molar-refractivity contribution in [1.29, 1.82) is 5.26 Å². The Morgan fingerprint density at radius 3 is 2.00 bits per heavy atom. The quantitative estimate of drug-likeness (QED) is 0.265. The van der Waals surface area contributed by atoms with E-state index in [-0.39, 0.29) is 0 Å². The molecule has 0 fully saturated rings. The number of nitriles is 1. The molecule has 0 aliphatic heterocycles. The first kappa shape index (κ1) is 10.3. The van der Waals surface area contributed by atoms with Crippen LogP contribution >= 0.6 is 0 Å². The van der Waals surface area contributed by atoms with Crippen molar-refractivity contribution >= 4 is 49.0 Å². The molecule has 0 heterocycles. The first-order valence-corrected chi connectivity index (χ1v) is 2.85. The fourth-order valence-electron chi connectivity index (χ4n) is 0. The van der Waals surface area contributed by atoms with Crippen LogP contribution < -0.4 is 0 Å². The monoisotopic (exact) mass is 128 g/mol. The molecule has 6 heteroatoms. The molecular formula is CHKN2O3. The SMILES string of the molecule is N#[C][K].O=[N+]([O-])O. The van der Waals surface area contributed by atoms with E-state index in [0.29, 0.717) is 49.0 Å². The van der Waals surface area contributed by atoms with Crippen molar-refractivity contribution in [2.24, 2.45) is 0 Å². The summed E-state index contributed by atoms with van der Waals surface area (Å²) in [5.41, 5.74) is 0. The van der Waals surface area contributed by atoms with Crippen LogP contribution in [0.1, 0.15) is 0 Å². The van der Waals surface area contributed by atoms with Crippen LogP contribution in [0.5, 0.6) is 0 Å². The van der Waals surface area contributed by atoms with Crippen molar-refractivity contribution < 1.29 is 10.3 Å². The zero-order chi connectivity index (χ0) is 6.28. The maximum Gasteiger partial charge on any atom is 0.291 e. The Hall–Kier alpha value is 0.326. The summed E-state index contributed by atoms with van der Waals surface area (Å²) in [6.07, 6.45) is 0. The molecule has 0 spiro atoms. The van der Waals surface area contributed by atoms with Crippen molar-refractivity contribution in [2.75, 3.05) is 0 Å². The molecule has 7 heavy (non-hydrogen) atoms. The molecule has 0 bridgehead atoms. The van der Waals surface area contributed by atoms with Crippen LogP contribution in [0.15, 0.2) is 0 Å². The van der Waals surface area contributed by atoms with E-state index in [1.54, 1.807) is 0 Å². The molecule has 0 rings (SSSR count). The number of hydrogen-bond acceptors (Lipinski definition) is 3. The van der Waals surface area contributed by atoms with Gasteiger partial charge in [0.1, 0.15) is 0 Å². The van der Waals surface area contributed by atoms with Gasteiger partial charge in [-0.15, -0.1) is 10.1 Å². The van der Waals surface area contributed by atoms with Gasteiger partial charge in [0.05, 0.1) is 0 Å². The van der Waals surface area contributed by atoms with E-state index in [2.05, 4.69) is 0 Å². The van der Waals surface area contributed by atoms with Crippen molar-refractivity contribution in [2.45, 2.75) is 0 Å². The molecule has 0 aromatic rings. The molecule has 0 saturated carbocycles. The first-order chi connectivity index (χ1) is 3.15. The van der Waals surface area contributed by atoms with Gasteiger partial charge in [-0.25, -0.2) is 0 Å². The second-order valence-corrected chi connectivity index (χ2v) is 1.16. The molecule has 1 N–H and O–H groups in total. The summed E-state index contributed by atoms with van der Waals surface area (Å²) in [5, 5.41) is 21.0. The Morgan fingerprint density at radius 2 is 2.00 bits per heavy atom. The predicted molar refractivity (Wildman–Crippen MR) is 20.1 cm³/mol. The van der Waals surface area contributed by atoms with Gasteiger partial charge < -0.3 is 5.21 Å². The smallest absolute Gasteiger partial charge is 0.291 e. The first-order valence-electron chi connectivity index (χ1n) is 1.29. The summed E-state index contributed by atoms with van der Waals surface area (Å²) in [6.45, 7) is 0. The molecule has 0 aliphatic carbocycles. The van der Waals surface area contributed by atoms with Gasteiger partial charge >= 0.3 is 54.4 Å². The molecule has 0 aromatic carbocycles. The van der Waals surface area contributed by atoms with E-state index >= 15 is 0 Å². The molecule has 34 valence electrons. The summed E-state index contributed by atoms with van der Waals surface area (Å²) in [6, 6.07) is 0.